The van der Waals surface area contributed by atoms with Gasteiger partial charge in [0.05, 0.1) is 0 Å². The summed E-state index contributed by atoms with van der Waals surface area (Å²) in [6.45, 7) is 2.03. The number of rotatable bonds is 2. The Balaban J connectivity index is 2.36. The SMILES string of the molecule is Cc1cccc(C(O)c2cscc2Br)c1. The zero-order valence-electron chi connectivity index (χ0n) is 8.27. The maximum atomic E-state index is 10.2. The van der Waals surface area contributed by atoms with Gasteiger partial charge in [0.1, 0.15) is 6.10 Å². The van der Waals surface area contributed by atoms with Crippen LogP contribution in [0.1, 0.15) is 22.8 Å². The molecule has 0 radical (unpaired) electrons. The summed E-state index contributed by atoms with van der Waals surface area (Å²) in [7, 11) is 0. The van der Waals surface area contributed by atoms with E-state index in [2.05, 4.69) is 15.9 Å². The van der Waals surface area contributed by atoms with E-state index in [9.17, 15) is 5.11 Å². The summed E-state index contributed by atoms with van der Waals surface area (Å²) in [5.74, 6) is 0. The van der Waals surface area contributed by atoms with Crippen molar-refractivity contribution in [1.29, 1.82) is 0 Å². The quantitative estimate of drug-likeness (QED) is 0.886. The summed E-state index contributed by atoms with van der Waals surface area (Å²) in [5.41, 5.74) is 3.04. The van der Waals surface area contributed by atoms with E-state index < -0.39 is 6.10 Å². The standard InChI is InChI=1S/C12H11BrOS/c1-8-3-2-4-9(5-8)12(14)10-6-15-7-11(10)13/h2-7,12,14H,1H3. The van der Waals surface area contributed by atoms with Crippen LogP contribution < -0.4 is 0 Å². The van der Waals surface area contributed by atoms with Gasteiger partial charge in [0.15, 0.2) is 0 Å². The van der Waals surface area contributed by atoms with Crippen LogP contribution in [0.25, 0.3) is 0 Å². The molecule has 78 valence electrons. The van der Waals surface area contributed by atoms with Crippen molar-refractivity contribution in [2.24, 2.45) is 0 Å². The topological polar surface area (TPSA) is 20.2 Å². The van der Waals surface area contributed by atoms with Gasteiger partial charge in [0.2, 0.25) is 0 Å². The minimum absolute atomic E-state index is 0.537. The number of hydrogen-bond acceptors (Lipinski definition) is 2. The van der Waals surface area contributed by atoms with Crippen molar-refractivity contribution in [2.75, 3.05) is 0 Å². The van der Waals surface area contributed by atoms with Gasteiger partial charge in [0.25, 0.3) is 0 Å². The van der Waals surface area contributed by atoms with E-state index in [0.717, 1.165) is 21.2 Å². The smallest absolute Gasteiger partial charge is 0.106 e. The molecular weight excluding hydrogens is 272 g/mol. The van der Waals surface area contributed by atoms with Crippen molar-refractivity contribution in [3.05, 3.63) is 56.2 Å². The van der Waals surface area contributed by atoms with Gasteiger partial charge < -0.3 is 5.11 Å². The lowest BCUT2D eigenvalue weighted by atomic mass is 10.0. The summed E-state index contributed by atoms with van der Waals surface area (Å²) < 4.78 is 0.974. The van der Waals surface area contributed by atoms with Gasteiger partial charge >= 0.3 is 0 Å². The van der Waals surface area contributed by atoms with Crippen molar-refractivity contribution >= 4 is 27.3 Å². The molecule has 1 unspecified atom stereocenters. The molecule has 0 bridgehead atoms. The Morgan fingerprint density at radius 3 is 2.73 bits per heavy atom. The molecule has 2 aromatic rings. The number of thiophene rings is 1. The molecule has 1 nitrogen and oxygen atoms in total. The highest BCUT2D eigenvalue weighted by Gasteiger charge is 2.14. The third kappa shape index (κ3) is 2.30. The Morgan fingerprint density at radius 2 is 2.13 bits per heavy atom. The number of aliphatic hydroxyl groups is 1. The third-order valence-corrected chi connectivity index (χ3v) is 4.05. The van der Waals surface area contributed by atoms with Gasteiger partial charge in [-0.15, -0.1) is 0 Å². The van der Waals surface area contributed by atoms with Crippen molar-refractivity contribution in [3.63, 3.8) is 0 Å². The van der Waals surface area contributed by atoms with Crippen molar-refractivity contribution in [3.8, 4) is 0 Å². The zero-order chi connectivity index (χ0) is 10.8. The number of aryl methyl sites for hydroxylation is 1. The van der Waals surface area contributed by atoms with Gasteiger partial charge in [-0.05, 0) is 33.8 Å². The first kappa shape index (κ1) is 10.9. The summed E-state index contributed by atoms with van der Waals surface area (Å²) >= 11 is 5.02. The number of benzene rings is 1. The van der Waals surface area contributed by atoms with Crippen LogP contribution >= 0.6 is 27.3 Å². The molecule has 1 N–H and O–H groups in total. The first-order valence-electron chi connectivity index (χ1n) is 4.64. The summed E-state index contributed by atoms with van der Waals surface area (Å²) in [6.07, 6.45) is -0.537. The molecule has 2 rings (SSSR count). The minimum Gasteiger partial charge on any atom is -0.384 e. The van der Waals surface area contributed by atoms with E-state index in [0.29, 0.717) is 0 Å². The van der Waals surface area contributed by atoms with E-state index in [1.54, 1.807) is 11.3 Å². The average Bonchev–Trinajstić information content (AvgIpc) is 2.63. The fourth-order valence-electron chi connectivity index (χ4n) is 1.51. The predicted octanol–water partition coefficient (Wildman–Crippen LogP) is 3.90. The van der Waals surface area contributed by atoms with Crippen LogP contribution in [0.2, 0.25) is 0 Å². The first-order valence-corrected chi connectivity index (χ1v) is 6.38. The van der Waals surface area contributed by atoms with Gasteiger partial charge in [0, 0.05) is 15.4 Å². The Morgan fingerprint density at radius 1 is 1.33 bits per heavy atom. The highest BCUT2D eigenvalue weighted by atomic mass is 79.9. The predicted molar refractivity (Wildman–Crippen MR) is 67.3 cm³/mol. The molecule has 0 fully saturated rings. The van der Waals surface area contributed by atoms with E-state index in [4.69, 9.17) is 0 Å². The number of aliphatic hydroxyl groups excluding tert-OH is 1. The molecule has 1 atom stereocenters. The molecule has 1 heterocycles. The third-order valence-electron chi connectivity index (χ3n) is 2.29. The van der Waals surface area contributed by atoms with E-state index >= 15 is 0 Å². The fraction of sp³-hybridized carbons (Fsp3) is 0.167. The molecule has 0 amide bonds. The van der Waals surface area contributed by atoms with Crippen LogP contribution in [0.5, 0.6) is 0 Å². The lowest BCUT2D eigenvalue weighted by molar-refractivity contribution is 0.220. The number of hydrogen-bond donors (Lipinski definition) is 1. The molecule has 0 saturated carbocycles. The Kier molecular flexibility index (Phi) is 3.24. The monoisotopic (exact) mass is 282 g/mol. The first-order chi connectivity index (χ1) is 7.18. The Bertz CT molecular complexity index is 464. The van der Waals surface area contributed by atoms with Crippen LogP contribution in [-0.2, 0) is 0 Å². The van der Waals surface area contributed by atoms with Crippen LogP contribution in [0.3, 0.4) is 0 Å². The van der Waals surface area contributed by atoms with Gasteiger partial charge in [-0.1, -0.05) is 29.8 Å². The van der Waals surface area contributed by atoms with E-state index in [-0.39, 0.29) is 0 Å². The van der Waals surface area contributed by atoms with Crippen molar-refractivity contribution in [2.45, 2.75) is 13.0 Å². The molecule has 3 heteroatoms. The Hall–Kier alpha value is -0.640. The second kappa shape index (κ2) is 4.47. The van der Waals surface area contributed by atoms with Gasteiger partial charge in [-0.25, -0.2) is 0 Å². The van der Waals surface area contributed by atoms with Gasteiger partial charge in [-0.2, -0.15) is 11.3 Å². The van der Waals surface area contributed by atoms with Crippen LogP contribution in [0.4, 0.5) is 0 Å². The maximum Gasteiger partial charge on any atom is 0.106 e. The molecule has 0 spiro atoms. The molecular formula is C12H11BrOS. The molecule has 1 aromatic heterocycles. The molecule has 15 heavy (non-hydrogen) atoms. The summed E-state index contributed by atoms with van der Waals surface area (Å²) in [5, 5.41) is 14.1. The van der Waals surface area contributed by atoms with E-state index in [1.807, 2.05) is 41.9 Å². The normalized spacial score (nSPS) is 12.7. The van der Waals surface area contributed by atoms with Gasteiger partial charge in [-0.3, -0.25) is 0 Å². The zero-order valence-corrected chi connectivity index (χ0v) is 10.7. The summed E-state index contributed by atoms with van der Waals surface area (Å²) in [4.78, 5) is 0. The molecule has 0 saturated heterocycles. The average molecular weight is 283 g/mol. The highest BCUT2D eigenvalue weighted by Crippen LogP contribution is 2.31. The van der Waals surface area contributed by atoms with E-state index in [1.165, 1.54) is 0 Å². The largest absolute Gasteiger partial charge is 0.384 e. The fourth-order valence-corrected chi connectivity index (χ4v) is 3.04. The molecule has 0 aliphatic carbocycles. The maximum absolute atomic E-state index is 10.2. The molecule has 0 aliphatic heterocycles. The second-order valence-electron chi connectivity index (χ2n) is 3.49. The summed E-state index contributed by atoms with van der Waals surface area (Å²) in [6, 6.07) is 7.95. The lowest BCUT2D eigenvalue weighted by Gasteiger charge is -2.10. The van der Waals surface area contributed by atoms with Crippen LogP contribution in [0.15, 0.2) is 39.5 Å². The van der Waals surface area contributed by atoms with Crippen molar-refractivity contribution in [1.82, 2.24) is 0 Å². The lowest BCUT2D eigenvalue weighted by Crippen LogP contribution is -1.98. The molecule has 0 aliphatic rings. The highest BCUT2D eigenvalue weighted by molar-refractivity contribution is 9.10. The second-order valence-corrected chi connectivity index (χ2v) is 5.09. The van der Waals surface area contributed by atoms with Crippen LogP contribution in [-0.4, -0.2) is 5.11 Å². The minimum atomic E-state index is -0.537. The van der Waals surface area contributed by atoms with Crippen LogP contribution in [0, 0.1) is 6.92 Å². The Labute approximate surface area is 102 Å². The van der Waals surface area contributed by atoms with Crippen molar-refractivity contribution < 1.29 is 5.11 Å². The number of halogens is 1. The molecule has 1 aromatic carbocycles.